The van der Waals surface area contributed by atoms with Gasteiger partial charge in [0.05, 0.1) is 36.3 Å². The zero-order valence-corrected chi connectivity index (χ0v) is 26.1. The first-order chi connectivity index (χ1) is 19.1. The third kappa shape index (κ3) is 5.11. The van der Waals surface area contributed by atoms with Gasteiger partial charge in [-0.05, 0) is 43.0 Å². The van der Waals surface area contributed by atoms with Gasteiger partial charge in [-0.1, -0.05) is 41.9 Å². The van der Waals surface area contributed by atoms with E-state index in [2.05, 4.69) is 29.1 Å². The summed E-state index contributed by atoms with van der Waals surface area (Å²) in [6, 6.07) is 5.83. The second-order valence-electron chi connectivity index (χ2n) is 11.3. The summed E-state index contributed by atoms with van der Waals surface area (Å²) in [6.07, 6.45) is 4.45. The molecule has 3 aliphatic rings. The van der Waals surface area contributed by atoms with Crippen molar-refractivity contribution in [2.24, 2.45) is 17.8 Å². The normalized spacial score (nSPS) is 29.3. The molecule has 7 atom stereocenters. The van der Waals surface area contributed by atoms with Crippen LogP contribution in [0.5, 0.6) is 5.75 Å². The lowest BCUT2D eigenvalue weighted by Crippen LogP contribution is -2.58. The summed E-state index contributed by atoms with van der Waals surface area (Å²) in [5.41, 5.74) is 0.661. The summed E-state index contributed by atoms with van der Waals surface area (Å²) in [7, 11) is 3.31. The van der Waals surface area contributed by atoms with Crippen LogP contribution >= 0.6 is 27.7 Å². The number of likely N-dealkylation sites (N-methyl/N-ethyl adjacent to an activating group) is 1. The second-order valence-corrected chi connectivity index (χ2v) is 14.0. The van der Waals surface area contributed by atoms with E-state index in [4.69, 9.17) is 4.74 Å². The topological polar surface area (TPSA) is 90.4 Å². The van der Waals surface area contributed by atoms with Crippen molar-refractivity contribution in [2.45, 2.75) is 53.6 Å². The van der Waals surface area contributed by atoms with Gasteiger partial charge in [-0.25, -0.2) is 0 Å². The van der Waals surface area contributed by atoms with Gasteiger partial charge in [-0.3, -0.25) is 14.4 Å². The average molecular weight is 635 g/mol. The zero-order valence-electron chi connectivity index (χ0n) is 23.7. The highest BCUT2D eigenvalue weighted by Gasteiger charge is 2.76. The van der Waals surface area contributed by atoms with Gasteiger partial charge < -0.3 is 24.5 Å². The highest BCUT2D eigenvalue weighted by molar-refractivity contribution is 9.09. The van der Waals surface area contributed by atoms with E-state index < -0.39 is 28.7 Å². The maximum atomic E-state index is 14.7. The fourth-order valence-electron chi connectivity index (χ4n) is 6.74. The molecule has 1 N–H and O–H groups in total. The number of halogens is 1. The van der Waals surface area contributed by atoms with E-state index in [9.17, 15) is 19.5 Å². The Morgan fingerprint density at radius 1 is 1.23 bits per heavy atom. The van der Waals surface area contributed by atoms with Crippen molar-refractivity contribution in [1.29, 1.82) is 0 Å². The summed E-state index contributed by atoms with van der Waals surface area (Å²) >= 11 is 5.42. The van der Waals surface area contributed by atoms with Crippen LogP contribution in [0.1, 0.15) is 26.7 Å². The van der Waals surface area contributed by atoms with E-state index in [-0.39, 0.29) is 46.9 Å². The maximum Gasteiger partial charge on any atom is 0.251 e. The number of hydrogen-bond donors (Lipinski definition) is 1. The van der Waals surface area contributed by atoms with Crippen molar-refractivity contribution in [3.63, 3.8) is 0 Å². The van der Waals surface area contributed by atoms with Crippen LogP contribution in [0.2, 0.25) is 0 Å². The third-order valence-corrected chi connectivity index (χ3v) is 11.6. The van der Waals surface area contributed by atoms with Crippen molar-refractivity contribution in [1.82, 2.24) is 9.80 Å². The molecule has 1 aromatic carbocycles. The fraction of sp³-hybridized carbons (Fsp3) is 0.567. The molecule has 3 heterocycles. The van der Waals surface area contributed by atoms with Gasteiger partial charge in [0.25, 0.3) is 5.91 Å². The standard InChI is InChI=1S/C30H40BrN3O5S/c1-7-13-32(5)27(36)23-24-28(37)34(20(17-35)15-18(3)4)26(30(24)16-22(31)25(23)40-30)29(38)33(14-8-2)19-9-11-21(39-6)12-10-19/h7-12,18,20,22-26,35H,1-2,13-17H2,3-6H3/t20-,22?,23-,24+,25-,26?,30?/m1/s1. The summed E-state index contributed by atoms with van der Waals surface area (Å²) in [4.78, 5) is 47.8. The predicted octanol–water partition coefficient (Wildman–Crippen LogP) is 3.73. The van der Waals surface area contributed by atoms with E-state index in [1.165, 1.54) is 0 Å². The van der Waals surface area contributed by atoms with Gasteiger partial charge >= 0.3 is 0 Å². The van der Waals surface area contributed by atoms with Gasteiger partial charge in [0.15, 0.2) is 0 Å². The molecule has 10 heteroatoms. The number of likely N-dealkylation sites (tertiary alicyclic amines) is 1. The number of carbonyl (C=O) groups excluding carboxylic acids is 3. The number of nitrogens with zero attached hydrogens (tertiary/aromatic N) is 3. The molecule has 0 aromatic heterocycles. The molecule has 1 aromatic rings. The molecule has 3 aliphatic heterocycles. The van der Waals surface area contributed by atoms with Crippen molar-refractivity contribution < 1.29 is 24.2 Å². The van der Waals surface area contributed by atoms with E-state index in [0.717, 1.165) is 0 Å². The quantitative estimate of drug-likeness (QED) is 0.279. The molecule has 218 valence electrons. The molecule has 0 aliphatic carbocycles. The number of ether oxygens (including phenoxy) is 1. The van der Waals surface area contributed by atoms with Gasteiger partial charge in [-0.2, -0.15) is 0 Å². The predicted molar refractivity (Wildman–Crippen MR) is 163 cm³/mol. The summed E-state index contributed by atoms with van der Waals surface area (Å²) in [6.45, 7) is 12.1. The average Bonchev–Trinajstić information content (AvgIpc) is 3.53. The Labute approximate surface area is 249 Å². The molecule has 0 radical (unpaired) electrons. The van der Waals surface area contributed by atoms with Crippen LogP contribution in [0.15, 0.2) is 49.6 Å². The lowest BCUT2D eigenvalue weighted by molar-refractivity contribution is -0.145. The van der Waals surface area contributed by atoms with Crippen LogP contribution in [-0.4, -0.2) is 93.4 Å². The zero-order chi connectivity index (χ0) is 29.4. The van der Waals surface area contributed by atoms with Crippen molar-refractivity contribution in [3.8, 4) is 5.75 Å². The summed E-state index contributed by atoms with van der Waals surface area (Å²) in [5.74, 6) is -0.943. The Morgan fingerprint density at radius 2 is 1.88 bits per heavy atom. The highest BCUT2D eigenvalue weighted by Crippen LogP contribution is 2.68. The van der Waals surface area contributed by atoms with Gasteiger partial charge in [0.2, 0.25) is 11.8 Å². The fourth-order valence-corrected chi connectivity index (χ4v) is 10.3. The van der Waals surface area contributed by atoms with E-state index in [1.54, 1.807) is 64.9 Å². The van der Waals surface area contributed by atoms with Crippen molar-refractivity contribution >= 4 is 51.1 Å². The first-order valence-corrected chi connectivity index (χ1v) is 15.5. The summed E-state index contributed by atoms with van der Waals surface area (Å²) in [5, 5.41) is 10.4. The third-order valence-electron chi connectivity index (χ3n) is 8.33. The Hall–Kier alpha value is -2.30. The van der Waals surface area contributed by atoms with E-state index >= 15 is 0 Å². The number of carbonyl (C=O) groups is 3. The Bertz CT molecular complexity index is 1150. The molecule has 2 bridgehead atoms. The molecule has 1 spiro atoms. The largest absolute Gasteiger partial charge is 0.497 e. The Kier molecular flexibility index (Phi) is 9.42. The minimum Gasteiger partial charge on any atom is -0.497 e. The van der Waals surface area contributed by atoms with E-state index in [1.807, 2.05) is 26.0 Å². The molecule has 4 rings (SSSR count). The minimum atomic E-state index is -0.847. The van der Waals surface area contributed by atoms with Crippen LogP contribution < -0.4 is 9.64 Å². The molecule has 8 nitrogen and oxygen atoms in total. The number of thioether (sulfide) groups is 1. The van der Waals surface area contributed by atoms with Gasteiger partial charge in [0, 0.05) is 35.9 Å². The smallest absolute Gasteiger partial charge is 0.251 e. The van der Waals surface area contributed by atoms with E-state index in [0.29, 0.717) is 30.8 Å². The Morgan fingerprint density at radius 3 is 2.42 bits per heavy atom. The lowest BCUT2D eigenvalue weighted by atomic mass is 9.70. The number of methoxy groups -OCH3 is 1. The van der Waals surface area contributed by atoms with Crippen LogP contribution in [0, 0.1) is 17.8 Å². The minimum absolute atomic E-state index is 0.0330. The first kappa shape index (κ1) is 30.7. The van der Waals surface area contributed by atoms with Crippen LogP contribution in [0.4, 0.5) is 5.69 Å². The molecule has 3 amide bonds. The molecule has 3 fully saturated rings. The number of alkyl halides is 1. The molecular formula is C30H40BrN3O5S. The Balaban J connectivity index is 1.84. The van der Waals surface area contributed by atoms with Crippen LogP contribution in [0.25, 0.3) is 0 Å². The number of fused-ring (bicyclic) bond motifs is 1. The SMILES string of the molecule is C=CCN(C)C(=O)[C@H]1[C@@H]2SC3(CC2Br)C(C(=O)N(CC=C)c2ccc(OC)cc2)N([C@@H](CO)CC(C)C)C(=O)[C@H]13. The molecular weight excluding hydrogens is 594 g/mol. The van der Waals surface area contributed by atoms with Crippen molar-refractivity contribution in [2.75, 3.05) is 38.8 Å². The maximum absolute atomic E-state index is 14.7. The number of rotatable bonds is 12. The molecule has 40 heavy (non-hydrogen) atoms. The van der Waals surface area contributed by atoms with Crippen molar-refractivity contribution in [3.05, 3.63) is 49.6 Å². The second kappa shape index (κ2) is 12.3. The number of benzene rings is 1. The number of amides is 3. The monoisotopic (exact) mass is 633 g/mol. The van der Waals surface area contributed by atoms with Gasteiger partial charge in [-0.15, -0.1) is 24.9 Å². The highest BCUT2D eigenvalue weighted by atomic mass is 79.9. The molecule has 3 saturated heterocycles. The van der Waals surface area contributed by atoms with Gasteiger partial charge in [0.1, 0.15) is 11.8 Å². The molecule has 3 unspecified atom stereocenters. The number of aliphatic hydroxyl groups excluding tert-OH is 1. The van der Waals surface area contributed by atoms with Crippen LogP contribution in [-0.2, 0) is 14.4 Å². The number of anilines is 1. The number of aliphatic hydroxyl groups is 1. The number of hydrogen-bond acceptors (Lipinski definition) is 6. The summed E-state index contributed by atoms with van der Waals surface area (Å²) < 4.78 is 4.50. The van der Waals surface area contributed by atoms with Crippen LogP contribution in [0.3, 0.4) is 0 Å². The molecule has 0 saturated carbocycles. The lowest BCUT2D eigenvalue weighted by Gasteiger charge is -2.40. The first-order valence-electron chi connectivity index (χ1n) is 13.7.